The second-order valence-corrected chi connectivity index (χ2v) is 9.40. The molecule has 1 N–H and O–H groups in total. The SMILES string of the molecule is Cc1ccc2c(c1)c1c(n2CC(CS(=O)(=O)O)c2ccccc2)CN(C)CC1. The summed E-state index contributed by atoms with van der Waals surface area (Å²) in [6.07, 6.45) is 0.993. The van der Waals surface area contributed by atoms with E-state index in [0.717, 1.165) is 30.6 Å². The number of aromatic nitrogens is 1. The summed E-state index contributed by atoms with van der Waals surface area (Å²) in [5.74, 6) is -0.600. The van der Waals surface area contributed by atoms with Crippen LogP contribution in [0.4, 0.5) is 0 Å². The smallest absolute Gasteiger partial charge is 0.265 e. The van der Waals surface area contributed by atoms with Crippen LogP contribution >= 0.6 is 0 Å². The summed E-state index contributed by atoms with van der Waals surface area (Å²) in [6.45, 7) is 4.49. The van der Waals surface area contributed by atoms with E-state index in [1.807, 2.05) is 30.3 Å². The third-order valence-electron chi connectivity index (χ3n) is 5.69. The Morgan fingerprint density at radius 3 is 2.61 bits per heavy atom. The van der Waals surface area contributed by atoms with Gasteiger partial charge in [-0.2, -0.15) is 8.42 Å². The van der Waals surface area contributed by atoms with Crippen molar-refractivity contribution in [2.45, 2.75) is 32.4 Å². The summed E-state index contributed by atoms with van der Waals surface area (Å²) in [5, 5.41) is 1.27. The lowest BCUT2D eigenvalue weighted by molar-refractivity contribution is 0.302. The predicted molar refractivity (Wildman–Crippen MR) is 112 cm³/mol. The van der Waals surface area contributed by atoms with E-state index in [0.29, 0.717) is 6.54 Å². The van der Waals surface area contributed by atoms with Crippen molar-refractivity contribution in [2.75, 3.05) is 19.3 Å². The van der Waals surface area contributed by atoms with Crippen LogP contribution in [0.15, 0.2) is 48.5 Å². The molecule has 1 unspecified atom stereocenters. The molecular formula is C22H26N2O3S. The number of rotatable bonds is 5. The van der Waals surface area contributed by atoms with Gasteiger partial charge in [0, 0.05) is 42.1 Å². The minimum absolute atomic E-state index is 0.285. The van der Waals surface area contributed by atoms with E-state index in [-0.39, 0.29) is 11.7 Å². The average Bonchev–Trinajstić information content (AvgIpc) is 2.93. The van der Waals surface area contributed by atoms with Crippen LogP contribution in [0.5, 0.6) is 0 Å². The van der Waals surface area contributed by atoms with Crippen LogP contribution in [0.25, 0.3) is 10.9 Å². The number of hydrogen-bond donors (Lipinski definition) is 1. The van der Waals surface area contributed by atoms with Crippen LogP contribution < -0.4 is 0 Å². The van der Waals surface area contributed by atoms with E-state index >= 15 is 0 Å². The van der Waals surface area contributed by atoms with E-state index in [1.165, 1.54) is 22.2 Å². The highest BCUT2D eigenvalue weighted by atomic mass is 32.2. The van der Waals surface area contributed by atoms with Gasteiger partial charge in [0.15, 0.2) is 0 Å². The topological polar surface area (TPSA) is 62.5 Å². The van der Waals surface area contributed by atoms with Crippen molar-refractivity contribution in [1.82, 2.24) is 9.47 Å². The summed E-state index contributed by atoms with van der Waals surface area (Å²) in [5.41, 5.74) is 5.92. The molecule has 2 heterocycles. The van der Waals surface area contributed by atoms with Crippen LogP contribution in [-0.2, 0) is 29.6 Å². The fourth-order valence-corrected chi connectivity index (χ4v) is 5.16. The lowest BCUT2D eigenvalue weighted by Gasteiger charge is -2.26. The number of nitrogens with zero attached hydrogens (tertiary/aromatic N) is 2. The van der Waals surface area contributed by atoms with Gasteiger partial charge < -0.3 is 9.47 Å². The molecule has 5 nitrogen and oxygen atoms in total. The minimum Gasteiger partial charge on any atom is -0.342 e. The molecule has 0 amide bonds. The van der Waals surface area contributed by atoms with Gasteiger partial charge in [0.05, 0.1) is 5.75 Å². The lowest BCUT2D eigenvalue weighted by Crippen LogP contribution is -2.29. The van der Waals surface area contributed by atoms with Crippen molar-refractivity contribution < 1.29 is 13.0 Å². The number of fused-ring (bicyclic) bond motifs is 3. The van der Waals surface area contributed by atoms with E-state index in [2.05, 4.69) is 41.6 Å². The maximum absolute atomic E-state index is 11.7. The molecule has 0 fully saturated rings. The number of benzene rings is 2. The van der Waals surface area contributed by atoms with Crippen LogP contribution in [0, 0.1) is 6.92 Å². The van der Waals surface area contributed by atoms with E-state index in [9.17, 15) is 13.0 Å². The Bertz CT molecular complexity index is 1100. The summed E-state index contributed by atoms with van der Waals surface area (Å²) < 4.78 is 35.3. The highest BCUT2D eigenvalue weighted by molar-refractivity contribution is 7.85. The van der Waals surface area contributed by atoms with Gasteiger partial charge >= 0.3 is 0 Å². The highest BCUT2D eigenvalue weighted by Gasteiger charge is 2.26. The molecule has 1 aromatic heterocycles. The molecule has 0 radical (unpaired) electrons. The van der Waals surface area contributed by atoms with Crippen molar-refractivity contribution in [1.29, 1.82) is 0 Å². The van der Waals surface area contributed by atoms with Crippen molar-refractivity contribution >= 4 is 21.0 Å². The summed E-state index contributed by atoms with van der Waals surface area (Å²) in [4.78, 5) is 2.30. The molecule has 28 heavy (non-hydrogen) atoms. The molecule has 6 heteroatoms. The Morgan fingerprint density at radius 2 is 1.89 bits per heavy atom. The Kier molecular flexibility index (Phi) is 5.04. The van der Waals surface area contributed by atoms with Crippen molar-refractivity contribution in [3.8, 4) is 0 Å². The molecule has 0 saturated heterocycles. The number of hydrogen-bond acceptors (Lipinski definition) is 3. The van der Waals surface area contributed by atoms with Gasteiger partial charge in [-0.15, -0.1) is 0 Å². The van der Waals surface area contributed by atoms with Crippen molar-refractivity contribution in [3.63, 3.8) is 0 Å². The zero-order chi connectivity index (χ0) is 19.9. The maximum atomic E-state index is 11.7. The molecule has 0 spiro atoms. The molecule has 4 rings (SSSR count). The van der Waals surface area contributed by atoms with Crippen molar-refractivity contribution in [2.24, 2.45) is 0 Å². The summed E-state index contributed by atoms with van der Waals surface area (Å²) >= 11 is 0. The van der Waals surface area contributed by atoms with Gasteiger partial charge in [0.25, 0.3) is 10.1 Å². The third-order valence-corrected chi connectivity index (χ3v) is 6.51. The van der Waals surface area contributed by atoms with E-state index < -0.39 is 10.1 Å². The third kappa shape index (κ3) is 3.85. The Morgan fingerprint density at radius 1 is 1.14 bits per heavy atom. The Hall–Kier alpha value is -2.15. The molecular weight excluding hydrogens is 372 g/mol. The van der Waals surface area contributed by atoms with Crippen LogP contribution in [0.2, 0.25) is 0 Å². The molecule has 3 aromatic rings. The molecule has 2 aromatic carbocycles. The zero-order valence-corrected chi connectivity index (χ0v) is 17.1. The van der Waals surface area contributed by atoms with Gasteiger partial charge in [0.1, 0.15) is 0 Å². The maximum Gasteiger partial charge on any atom is 0.265 e. The Labute approximate surface area is 166 Å². The number of aryl methyl sites for hydroxylation is 1. The second kappa shape index (κ2) is 7.35. The molecule has 0 bridgehead atoms. The average molecular weight is 399 g/mol. The molecule has 1 aliphatic heterocycles. The van der Waals surface area contributed by atoms with Crippen LogP contribution in [0.3, 0.4) is 0 Å². The van der Waals surface area contributed by atoms with Gasteiger partial charge in [-0.1, -0.05) is 42.0 Å². The summed E-state index contributed by atoms with van der Waals surface area (Å²) in [7, 11) is -1.98. The van der Waals surface area contributed by atoms with Gasteiger partial charge in [-0.05, 0) is 43.7 Å². The van der Waals surface area contributed by atoms with Gasteiger partial charge in [-0.3, -0.25) is 4.55 Å². The van der Waals surface area contributed by atoms with E-state index in [4.69, 9.17) is 0 Å². The molecule has 1 aliphatic rings. The molecule has 0 saturated carbocycles. The first-order valence-corrected chi connectivity index (χ1v) is 11.2. The zero-order valence-electron chi connectivity index (χ0n) is 16.3. The largest absolute Gasteiger partial charge is 0.342 e. The minimum atomic E-state index is -4.09. The Balaban J connectivity index is 1.84. The molecule has 0 aliphatic carbocycles. The normalized spacial score (nSPS) is 16.2. The first kappa shape index (κ1) is 19.2. The van der Waals surface area contributed by atoms with Crippen LogP contribution in [0.1, 0.15) is 28.3 Å². The number of likely N-dealkylation sites (N-methyl/N-ethyl adjacent to an activating group) is 1. The van der Waals surface area contributed by atoms with E-state index in [1.54, 1.807) is 0 Å². The van der Waals surface area contributed by atoms with Crippen molar-refractivity contribution in [3.05, 3.63) is 70.9 Å². The van der Waals surface area contributed by atoms with Crippen LogP contribution in [-0.4, -0.2) is 41.8 Å². The van der Waals surface area contributed by atoms with Gasteiger partial charge in [-0.25, -0.2) is 0 Å². The molecule has 148 valence electrons. The standard InChI is InChI=1S/C22H26N2O3S/c1-16-8-9-21-20(12-16)19-10-11-23(2)14-22(19)24(21)13-18(15-28(25,26)27)17-6-4-3-5-7-17/h3-9,12,18H,10-11,13-15H2,1-2H3,(H,25,26,27). The fourth-order valence-electron chi connectivity index (χ4n) is 4.35. The predicted octanol–water partition coefficient (Wildman–Crippen LogP) is 3.61. The lowest BCUT2D eigenvalue weighted by atomic mass is 10.0. The monoisotopic (exact) mass is 398 g/mol. The first-order chi connectivity index (χ1) is 13.3. The fraction of sp³-hybridized carbons (Fsp3) is 0.364. The second-order valence-electron chi connectivity index (χ2n) is 7.90. The van der Waals surface area contributed by atoms with Gasteiger partial charge in [0.2, 0.25) is 0 Å². The highest BCUT2D eigenvalue weighted by Crippen LogP contribution is 2.33. The summed E-state index contributed by atoms with van der Waals surface area (Å²) in [6, 6.07) is 16.1. The first-order valence-electron chi connectivity index (χ1n) is 9.61. The quantitative estimate of drug-likeness (QED) is 0.667. The molecule has 1 atom stereocenters.